The molecule has 2 N–H and O–H groups in total. The van der Waals surface area contributed by atoms with Gasteiger partial charge < -0.3 is 5.73 Å². The maximum atomic E-state index is 5.36. The predicted octanol–water partition coefficient (Wildman–Crippen LogP) is 2.88. The van der Waals surface area contributed by atoms with Crippen LogP contribution in [0.15, 0.2) is 23.8 Å². The van der Waals surface area contributed by atoms with Gasteiger partial charge in [-0.25, -0.2) is 0 Å². The van der Waals surface area contributed by atoms with Gasteiger partial charge in [-0.1, -0.05) is 37.6 Å². The molecule has 11 heavy (non-hydrogen) atoms. The van der Waals surface area contributed by atoms with E-state index in [1.165, 1.54) is 5.57 Å². The summed E-state index contributed by atoms with van der Waals surface area (Å²) in [4.78, 5) is 0. The van der Waals surface area contributed by atoms with Crippen LogP contribution in [0.2, 0.25) is 0 Å². The fourth-order valence-electron chi connectivity index (χ4n) is 0.705. The monoisotopic (exact) mass is 155 g/mol. The van der Waals surface area contributed by atoms with Crippen molar-refractivity contribution in [3.63, 3.8) is 0 Å². The van der Waals surface area contributed by atoms with Gasteiger partial charge in [0.1, 0.15) is 0 Å². The molecule has 0 aliphatic rings. The maximum Gasteiger partial charge on any atom is -0.00368 e. The minimum absolute atomic E-state index is 0.740. The highest BCUT2D eigenvalue weighted by molar-refractivity contribution is 5.17. The molecular formula is C10H21N. The van der Waals surface area contributed by atoms with Crippen LogP contribution in [0.4, 0.5) is 0 Å². The normalized spacial score (nSPS) is 11.2. The second kappa shape index (κ2) is 12.1. The quantitative estimate of drug-likeness (QED) is 0.623. The van der Waals surface area contributed by atoms with Gasteiger partial charge in [0.15, 0.2) is 0 Å². The number of rotatable bonds is 3. The molecule has 0 aromatic rings. The fraction of sp³-hybridized carbons (Fsp3) is 0.600. The summed E-state index contributed by atoms with van der Waals surface area (Å²) >= 11 is 0. The smallest absolute Gasteiger partial charge is 0.00368 e. The maximum absolute atomic E-state index is 5.36. The molecule has 0 aliphatic carbocycles. The summed E-state index contributed by atoms with van der Waals surface area (Å²) in [6, 6.07) is 0. The molecule has 0 amide bonds. The second-order valence-electron chi connectivity index (χ2n) is 1.90. The highest BCUT2D eigenvalue weighted by atomic mass is 14.5. The molecule has 0 saturated carbocycles. The van der Waals surface area contributed by atoms with E-state index in [1.54, 1.807) is 0 Å². The zero-order valence-electron chi connectivity index (χ0n) is 8.22. The first-order valence-electron chi connectivity index (χ1n) is 4.33. The molecule has 0 aromatic heterocycles. The molecule has 0 saturated heterocycles. The third-order valence-corrected chi connectivity index (χ3v) is 1.18. The van der Waals surface area contributed by atoms with E-state index >= 15 is 0 Å². The number of hydrogen-bond donors (Lipinski definition) is 1. The van der Waals surface area contributed by atoms with E-state index in [1.807, 2.05) is 33.8 Å². The van der Waals surface area contributed by atoms with Gasteiger partial charge in [-0.3, -0.25) is 0 Å². The molecule has 0 atom stereocenters. The van der Waals surface area contributed by atoms with E-state index in [-0.39, 0.29) is 0 Å². The van der Waals surface area contributed by atoms with Crippen LogP contribution in [-0.2, 0) is 0 Å². The summed E-state index contributed by atoms with van der Waals surface area (Å²) in [6.45, 7) is 8.79. The molecule has 1 heteroatoms. The van der Waals surface area contributed by atoms with Gasteiger partial charge >= 0.3 is 0 Å². The summed E-state index contributed by atoms with van der Waals surface area (Å²) in [5.41, 5.74) is 6.68. The first-order valence-corrected chi connectivity index (χ1v) is 4.33. The SMILES string of the molecule is C/C=C\C(=C/C)CCN.CC. The van der Waals surface area contributed by atoms with Crippen LogP contribution in [0.25, 0.3) is 0 Å². The van der Waals surface area contributed by atoms with Crippen LogP contribution in [0.1, 0.15) is 34.1 Å². The standard InChI is InChI=1S/C8H15N.C2H6/c1-3-5-8(4-2)6-7-9;1-2/h3-5H,6-7,9H2,1-2H3;1-2H3/b5-3-,8-4+;. The number of hydrogen-bond acceptors (Lipinski definition) is 1. The van der Waals surface area contributed by atoms with E-state index in [0.717, 1.165) is 13.0 Å². The molecule has 0 rings (SSSR count). The van der Waals surface area contributed by atoms with Gasteiger partial charge in [-0.15, -0.1) is 0 Å². The summed E-state index contributed by atoms with van der Waals surface area (Å²) < 4.78 is 0. The van der Waals surface area contributed by atoms with Crippen molar-refractivity contribution in [1.82, 2.24) is 0 Å². The molecule has 0 aromatic carbocycles. The average Bonchev–Trinajstić information content (AvgIpc) is 2.08. The first-order chi connectivity index (χ1) is 5.35. The van der Waals surface area contributed by atoms with Crippen molar-refractivity contribution in [2.75, 3.05) is 6.54 Å². The van der Waals surface area contributed by atoms with Crippen molar-refractivity contribution < 1.29 is 0 Å². The average molecular weight is 155 g/mol. The Labute approximate surface area is 71.0 Å². The topological polar surface area (TPSA) is 26.0 Å². The second-order valence-corrected chi connectivity index (χ2v) is 1.90. The van der Waals surface area contributed by atoms with E-state index in [2.05, 4.69) is 12.2 Å². The van der Waals surface area contributed by atoms with Crippen LogP contribution in [0.5, 0.6) is 0 Å². The van der Waals surface area contributed by atoms with E-state index in [4.69, 9.17) is 5.73 Å². The molecule has 0 radical (unpaired) electrons. The van der Waals surface area contributed by atoms with E-state index in [0.29, 0.717) is 0 Å². The van der Waals surface area contributed by atoms with Gasteiger partial charge in [0.25, 0.3) is 0 Å². The Bertz CT molecular complexity index is 112. The van der Waals surface area contributed by atoms with E-state index < -0.39 is 0 Å². The van der Waals surface area contributed by atoms with Gasteiger partial charge in [-0.2, -0.15) is 0 Å². The molecule has 0 heterocycles. The van der Waals surface area contributed by atoms with Gasteiger partial charge in [-0.05, 0) is 26.8 Å². The van der Waals surface area contributed by atoms with Crippen molar-refractivity contribution >= 4 is 0 Å². The Morgan fingerprint density at radius 2 is 1.82 bits per heavy atom. The van der Waals surface area contributed by atoms with Gasteiger partial charge in [0.05, 0.1) is 0 Å². The van der Waals surface area contributed by atoms with Crippen molar-refractivity contribution in [3.8, 4) is 0 Å². The summed E-state index contributed by atoms with van der Waals surface area (Å²) in [7, 11) is 0. The summed E-state index contributed by atoms with van der Waals surface area (Å²) in [5.74, 6) is 0. The Morgan fingerprint density at radius 3 is 2.09 bits per heavy atom. The third-order valence-electron chi connectivity index (χ3n) is 1.18. The lowest BCUT2D eigenvalue weighted by Crippen LogP contribution is -1.98. The van der Waals surface area contributed by atoms with Gasteiger partial charge in [0.2, 0.25) is 0 Å². The van der Waals surface area contributed by atoms with Crippen LogP contribution >= 0.6 is 0 Å². The van der Waals surface area contributed by atoms with Crippen LogP contribution in [0.3, 0.4) is 0 Å². The highest BCUT2D eigenvalue weighted by Gasteiger charge is 1.84. The Kier molecular flexibility index (Phi) is 14.4. The lowest BCUT2D eigenvalue weighted by atomic mass is 10.2. The Hall–Kier alpha value is -0.560. The molecule has 0 unspecified atom stereocenters. The van der Waals surface area contributed by atoms with Gasteiger partial charge in [0, 0.05) is 0 Å². The molecule has 0 bridgehead atoms. The van der Waals surface area contributed by atoms with Crippen LogP contribution in [0, 0.1) is 0 Å². The van der Waals surface area contributed by atoms with Crippen LogP contribution < -0.4 is 5.73 Å². The largest absolute Gasteiger partial charge is 0.330 e. The molecule has 0 aliphatic heterocycles. The first kappa shape index (κ1) is 13.1. The summed E-state index contributed by atoms with van der Waals surface area (Å²) in [5, 5.41) is 0. The lowest BCUT2D eigenvalue weighted by Gasteiger charge is -1.94. The lowest BCUT2D eigenvalue weighted by molar-refractivity contribution is 0.970. The van der Waals surface area contributed by atoms with Crippen molar-refractivity contribution in [3.05, 3.63) is 23.8 Å². The molecule has 66 valence electrons. The van der Waals surface area contributed by atoms with Crippen molar-refractivity contribution in [2.45, 2.75) is 34.1 Å². The fourth-order valence-corrected chi connectivity index (χ4v) is 0.705. The molecule has 0 fully saturated rings. The predicted molar refractivity (Wildman–Crippen MR) is 53.6 cm³/mol. The zero-order chi connectivity index (χ0) is 9.11. The minimum atomic E-state index is 0.740. The minimum Gasteiger partial charge on any atom is -0.330 e. The molecular weight excluding hydrogens is 134 g/mol. The van der Waals surface area contributed by atoms with Crippen molar-refractivity contribution in [2.24, 2.45) is 5.73 Å². The number of nitrogens with two attached hydrogens (primary N) is 1. The number of allylic oxidation sites excluding steroid dienone is 3. The molecule has 0 spiro atoms. The van der Waals surface area contributed by atoms with Crippen LogP contribution in [-0.4, -0.2) is 6.54 Å². The Morgan fingerprint density at radius 1 is 1.27 bits per heavy atom. The summed E-state index contributed by atoms with van der Waals surface area (Å²) in [6.07, 6.45) is 7.20. The molecule has 1 nitrogen and oxygen atoms in total. The Balaban J connectivity index is 0. The zero-order valence-corrected chi connectivity index (χ0v) is 8.22. The van der Waals surface area contributed by atoms with E-state index in [9.17, 15) is 0 Å². The highest BCUT2D eigenvalue weighted by Crippen LogP contribution is 2.00. The third kappa shape index (κ3) is 9.44. The van der Waals surface area contributed by atoms with Crippen molar-refractivity contribution in [1.29, 1.82) is 0 Å².